The summed E-state index contributed by atoms with van der Waals surface area (Å²) in [5, 5.41) is 8.90. The maximum Gasteiger partial charge on any atom is 0.307 e. The van der Waals surface area contributed by atoms with Crippen molar-refractivity contribution in [2.45, 2.75) is 19.4 Å². The van der Waals surface area contributed by atoms with Gasteiger partial charge >= 0.3 is 5.97 Å². The van der Waals surface area contributed by atoms with Crippen LogP contribution in [0.25, 0.3) is 12.2 Å². The van der Waals surface area contributed by atoms with Gasteiger partial charge < -0.3 is 14.6 Å². The van der Waals surface area contributed by atoms with Gasteiger partial charge in [0.15, 0.2) is 11.5 Å². The molecule has 0 fully saturated rings. The Morgan fingerprint density at radius 1 is 0.882 bits per heavy atom. The first-order valence-corrected chi connectivity index (χ1v) is 12.5. The van der Waals surface area contributed by atoms with Crippen LogP contribution >= 0.6 is 0 Å². The second-order valence-electron chi connectivity index (χ2n) is 7.97. The summed E-state index contributed by atoms with van der Waals surface area (Å²) >= 11 is 0. The number of hydrogen-bond donors (Lipinski definition) is 2. The number of ether oxygens (including phenoxy) is 2. The standard InChI is InChI=1S/C26H25NO6S/c28-26(29)16-22-2-1-3-23(14-22)17-27-34(30,31)13-12-20-6-4-19(5-7-20)8-9-21-10-11-24-25(15-21)33-18-32-24/h1-11,14-15,27H,12-13,16-18H2,(H,28,29). The molecule has 176 valence electrons. The number of hydrogen-bond acceptors (Lipinski definition) is 5. The van der Waals surface area contributed by atoms with Crippen molar-refractivity contribution < 1.29 is 27.8 Å². The molecule has 0 radical (unpaired) electrons. The average Bonchev–Trinajstić information content (AvgIpc) is 3.29. The van der Waals surface area contributed by atoms with E-state index in [9.17, 15) is 13.2 Å². The lowest BCUT2D eigenvalue weighted by Crippen LogP contribution is -2.26. The van der Waals surface area contributed by atoms with Crippen LogP contribution in [-0.4, -0.2) is 32.0 Å². The monoisotopic (exact) mass is 479 g/mol. The van der Waals surface area contributed by atoms with E-state index >= 15 is 0 Å². The quantitative estimate of drug-likeness (QED) is 0.428. The second kappa shape index (κ2) is 10.5. The molecule has 1 heterocycles. The molecule has 0 bridgehead atoms. The van der Waals surface area contributed by atoms with Crippen molar-refractivity contribution in [3.05, 3.63) is 94.5 Å². The number of carboxylic acid groups (broad SMARTS) is 1. The predicted molar refractivity (Wildman–Crippen MR) is 130 cm³/mol. The third-order valence-electron chi connectivity index (χ3n) is 5.35. The lowest BCUT2D eigenvalue weighted by molar-refractivity contribution is -0.136. The molecule has 0 aliphatic carbocycles. The number of sulfonamides is 1. The van der Waals surface area contributed by atoms with Gasteiger partial charge in [-0.15, -0.1) is 0 Å². The highest BCUT2D eigenvalue weighted by Gasteiger charge is 2.13. The van der Waals surface area contributed by atoms with Crippen LogP contribution < -0.4 is 14.2 Å². The summed E-state index contributed by atoms with van der Waals surface area (Å²) in [6.07, 6.45) is 4.26. The molecule has 0 saturated carbocycles. The Kier molecular flexibility index (Phi) is 7.30. The average molecular weight is 480 g/mol. The van der Waals surface area contributed by atoms with E-state index in [-0.39, 0.29) is 25.5 Å². The highest BCUT2D eigenvalue weighted by Crippen LogP contribution is 2.33. The van der Waals surface area contributed by atoms with Gasteiger partial charge in [0.1, 0.15) is 0 Å². The molecule has 1 aliphatic heterocycles. The Morgan fingerprint density at radius 3 is 2.38 bits per heavy atom. The highest BCUT2D eigenvalue weighted by atomic mass is 32.2. The number of carboxylic acids is 1. The molecule has 34 heavy (non-hydrogen) atoms. The van der Waals surface area contributed by atoms with Crippen LogP contribution in [0, 0.1) is 0 Å². The Balaban J connectivity index is 1.28. The highest BCUT2D eigenvalue weighted by molar-refractivity contribution is 7.89. The van der Waals surface area contributed by atoms with Crippen molar-refractivity contribution in [2.24, 2.45) is 0 Å². The molecule has 0 atom stereocenters. The molecule has 4 rings (SSSR count). The lowest BCUT2D eigenvalue weighted by atomic mass is 10.1. The molecule has 8 heteroatoms. The van der Waals surface area contributed by atoms with Crippen molar-refractivity contribution in [3.8, 4) is 11.5 Å². The molecule has 0 saturated heterocycles. The zero-order valence-electron chi connectivity index (χ0n) is 18.4. The number of rotatable bonds is 10. The van der Waals surface area contributed by atoms with Crippen molar-refractivity contribution in [1.82, 2.24) is 4.72 Å². The largest absolute Gasteiger partial charge is 0.481 e. The molecule has 3 aromatic carbocycles. The second-order valence-corrected chi connectivity index (χ2v) is 9.89. The first kappa shape index (κ1) is 23.5. The molecule has 0 aromatic heterocycles. The summed E-state index contributed by atoms with van der Waals surface area (Å²) < 4.78 is 38.1. The summed E-state index contributed by atoms with van der Waals surface area (Å²) in [5.74, 6) is 0.527. The van der Waals surface area contributed by atoms with Crippen LogP contribution in [0.1, 0.15) is 27.8 Å². The fraction of sp³-hybridized carbons (Fsp3) is 0.192. The van der Waals surface area contributed by atoms with Gasteiger partial charge in [-0.2, -0.15) is 0 Å². The van der Waals surface area contributed by atoms with E-state index < -0.39 is 16.0 Å². The van der Waals surface area contributed by atoms with E-state index in [4.69, 9.17) is 14.6 Å². The molecule has 2 N–H and O–H groups in total. The van der Waals surface area contributed by atoms with Crippen molar-refractivity contribution in [1.29, 1.82) is 0 Å². The first-order valence-electron chi connectivity index (χ1n) is 10.8. The lowest BCUT2D eigenvalue weighted by Gasteiger charge is -2.08. The molecule has 3 aromatic rings. The number of aliphatic carboxylic acids is 1. The van der Waals surface area contributed by atoms with Crippen LogP contribution in [0.5, 0.6) is 11.5 Å². The molecule has 0 spiro atoms. The summed E-state index contributed by atoms with van der Waals surface area (Å²) in [4.78, 5) is 10.9. The number of fused-ring (bicyclic) bond motifs is 1. The molecule has 0 unspecified atom stereocenters. The fourth-order valence-electron chi connectivity index (χ4n) is 3.55. The summed E-state index contributed by atoms with van der Waals surface area (Å²) in [6.45, 7) is 0.370. The number of benzene rings is 3. The zero-order valence-corrected chi connectivity index (χ0v) is 19.3. The van der Waals surface area contributed by atoms with E-state index in [0.717, 1.165) is 33.8 Å². The van der Waals surface area contributed by atoms with E-state index in [1.54, 1.807) is 24.3 Å². The van der Waals surface area contributed by atoms with E-state index in [0.29, 0.717) is 12.0 Å². The normalized spacial score (nSPS) is 12.8. The summed E-state index contributed by atoms with van der Waals surface area (Å²) in [5.41, 5.74) is 4.29. The Bertz CT molecular complexity index is 1300. The van der Waals surface area contributed by atoms with Crippen molar-refractivity contribution >= 4 is 28.1 Å². The molecular formula is C26H25NO6S. The third kappa shape index (κ3) is 6.69. The predicted octanol–water partition coefficient (Wildman–Crippen LogP) is 3.87. The van der Waals surface area contributed by atoms with Crippen LogP contribution in [0.4, 0.5) is 0 Å². The van der Waals surface area contributed by atoms with Crippen LogP contribution in [-0.2, 0) is 34.2 Å². The SMILES string of the molecule is O=C(O)Cc1cccc(CNS(=O)(=O)CCc2ccc(C=Cc3ccc4c(c3)OCO4)cc2)c1. The van der Waals surface area contributed by atoms with Gasteiger partial charge in [0.25, 0.3) is 0 Å². The Hall–Kier alpha value is -3.62. The van der Waals surface area contributed by atoms with Gasteiger partial charge in [0, 0.05) is 6.54 Å². The van der Waals surface area contributed by atoms with Gasteiger partial charge in [-0.25, -0.2) is 13.1 Å². The van der Waals surface area contributed by atoms with E-state index in [1.807, 2.05) is 54.6 Å². The van der Waals surface area contributed by atoms with Crippen molar-refractivity contribution in [3.63, 3.8) is 0 Å². The van der Waals surface area contributed by atoms with E-state index in [2.05, 4.69) is 4.72 Å². The molecular weight excluding hydrogens is 454 g/mol. The number of aryl methyl sites for hydroxylation is 1. The molecule has 1 aliphatic rings. The number of carbonyl (C=O) groups is 1. The van der Waals surface area contributed by atoms with Gasteiger partial charge in [0.05, 0.1) is 12.2 Å². The van der Waals surface area contributed by atoms with Crippen molar-refractivity contribution in [2.75, 3.05) is 12.5 Å². The van der Waals surface area contributed by atoms with Gasteiger partial charge in [-0.05, 0) is 46.4 Å². The smallest absolute Gasteiger partial charge is 0.307 e. The Labute approximate surface area is 198 Å². The number of nitrogens with one attached hydrogen (secondary N) is 1. The van der Waals surface area contributed by atoms with Gasteiger partial charge in [-0.3, -0.25) is 4.79 Å². The minimum Gasteiger partial charge on any atom is -0.481 e. The maximum atomic E-state index is 12.4. The minimum atomic E-state index is -3.48. The topological polar surface area (TPSA) is 102 Å². The zero-order chi connectivity index (χ0) is 24.0. The molecule has 7 nitrogen and oxygen atoms in total. The van der Waals surface area contributed by atoms with Gasteiger partial charge in [0.2, 0.25) is 16.8 Å². The third-order valence-corrected chi connectivity index (χ3v) is 6.67. The summed E-state index contributed by atoms with van der Waals surface area (Å²) in [7, 11) is -3.48. The van der Waals surface area contributed by atoms with Gasteiger partial charge in [-0.1, -0.05) is 66.7 Å². The van der Waals surface area contributed by atoms with E-state index in [1.165, 1.54) is 0 Å². The molecule has 0 amide bonds. The minimum absolute atomic E-state index is 0.0335. The Morgan fingerprint density at radius 2 is 1.59 bits per heavy atom. The first-order chi connectivity index (χ1) is 16.4. The maximum absolute atomic E-state index is 12.4. The fourth-order valence-corrected chi connectivity index (χ4v) is 4.58. The van der Waals surface area contributed by atoms with Crippen LogP contribution in [0.15, 0.2) is 66.7 Å². The van der Waals surface area contributed by atoms with Crippen LogP contribution in [0.2, 0.25) is 0 Å². The summed E-state index contributed by atoms with van der Waals surface area (Å²) in [6, 6.07) is 20.4. The van der Waals surface area contributed by atoms with Crippen LogP contribution in [0.3, 0.4) is 0 Å².